The number of ether oxygens (including phenoxy) is 1. The first kappa shape index (κ1) is 16.2. The van der Waals surface area contributed by atoms with E-state index in [9.17, 15) is 4.79 Å². The summed E-state index contributed by atoms with van der Waals surface area (Å²) in [6, 6.07) is 17.6. The summed E-state index contributed by atoms with van der Waals surface area (Å²) in [6.07, 6.45) is 0.732. The van der Waals surface area contributed by atoms with Crippen molar-refractivity contribution in [1.82, 2.24) is 4.90 Å². The summed E-state index contributed by atoms with van der Waals surface area (Å²) >= 11 is 0. The van der Waals surface area contributed by atoms with Crippen LogP contribution in [0.4, 0.5) is 0 Å². The number of rotatable bonds is 7. The molecule has 0 aromatic heterocycles. The monoisotopic (exact) mass is 297 g/mol. The van der Waals surface area contributed by atoms with Gasteiger partial charge in [0.2, 0.25) is 0 Å². The molecule has 0 spiro atoms. The molecule has 0 aliphatic rings. The third-order valence-corrected chi connectivity index (χ3v) is 3.65. The minimum Gasteiger partial charge on any atom is -0.496 e. The van der Waals surface area contributed by atoms with E-state index >= 15 is 0 Å². The highest BCUT2D eigenvalue weighted by molar-refractivity contribution is 6.00. The number of ketones is 1. The number of hydrogen-bond donors (Lipinski definition) is 0. The molecule has 0 N–H and O–H groups in total. The molecule has 0 heterocycles. The van der Waals surface area contributed by atoms with E-state index < -0.39 is 0 Å². The summed E-state index contributed by atoms with van der Waals surface area (Å²) in [4.78, 5) is 15.0. The maximum absolute atomic E-state index is 13.0. The van der Waals surface area contributed by atoms with Crippen molar-refractivity contribution in [2.45, 2.75) is 6.42 Å². The van der Waals surface area contributed by atoms with Crippen molar-refractivity contribution in [2.24, 2.45) is 5.92 Å². The number of carbonyl (C=O) groups is 1. The predicted molar refractivity (Wildman–Crippen MR) is 89.5 cm³/mol. The fourth-order valence-electron chi connectivity index (χ4n) is 2.65. The molecule has 0 aliphatic heterocycles. The van der Waals surface area contributed by atoms with Crippen LogP contribution in [0.15, 0.2) is 54.6 Å². The van der Waals surface area contributed by atoms with Crippen LogP contribution < -0.4 is 4.74 Å². The molecule has 0 amide bonds. The van der Waals surface area contributed by atoms with Crippen molar-refractivity contribution >= 4 is 5.78 Å². The van der Waals surface area contributed by atoms with Gasteiger partial charge in [0, 0.05) is 12.5 Å². The lowest BCUT2D eigenvalue weighted by atomic mass is 9.90. The standard InChI is InChI=1S/C19H23NO2/c1-20(2)14-16(13-15-9-5-4-6-10-15)19(21)17-11-7-8-12-18(17)22-3/h4-12,16H,13-14H2,1-3H3/t16-/m0/s1. The average molecular weight is 297 g/mol. The Morgan fingerprint density at radius 1 is 1.05 bits per heavy atom. The molecule has 1 atom stereocenters. The Bertz CT molecular complexity index is 608. The number of carbonyl (C=O) groups excluding carboxylic acids is 1. The van der Waals surface area contributed by atoms with Crippen molar-refractivity contribution in [3.63, 3.8) is 0 Å². The van der Waals surface area contributed by atoms with Crippen LogP contribution >= 0.6 is 0 Å². The molecule has 2 aromatic rings. The van der Waals surface area contributed by atoms with Gasteiger partial charge in [-0.2, -0.15) is 0 Å². The zero-order chi connectivity index (χ0) is 15.9. The van der Waals surface area contributed by atoms with Gasteiger partial charge in [-0.1, -0.05) is 42.5 Å². The maximum atomic E-state index is 13.0. The molecule has 0 aliphatic carbocycles. The smallest absolute Gasteiger partial charge is 0.171 e. The van der Waals surface area contributed by atoms with Gasteiger partial charge in [-0.15, -0.1) is 0 Å². The average Bonchev–Trinajstić information content (AvgIpc) is 2.54. The van der Waals surface area contributed by atoms with Gasteiger partial charge in [-0.05, 0) is 38.2 Å². The second kappa shape index (κ2) is 7.76. The number of Topliss-reactive ketones (excluding diaryl/α,β-unsaturated/α-hetero) is 1. The van der Waals surface area contributed by atoms with Crippen LogP contribution in [0.1, 0.15) is 15.9 Å². The van der Waals surface area contributed by atoms with Crippen LogP contribution in [0.2, 0.25) is 0 Å². The van der Waals surface area contributed by atoms with Crippen LogP contribution in [0.25, 0.3) is 0 Å². The molecular weight excluding hydrogens is 274 g/mol. The van der Waals surface area contributed by atoms with Crippen molar-refractivity contribution in [2.75, 3.05) is 27.7 Å². The highest BCUT2D eigenvalue weighted by Gasteiger charge is 2.23. The normalized spacial score (nSPS) is 12.2. The van der Waals surface area contributed by atoms with Crippen molar-refractivity contribution in [1.29, 1.82) is 0 Å². The van der Waals surface area contributed by atoms with E-state index in [0.717, 1.165) is 6.42 Å². The highest BCUT2D eigenvalue weighted by Crippen LogP contribution is 2.23. The van der Waals surface area contributed by atoms with Gasteiger partial charge < -0.3 is 9.64 Å². The fraction of sp³-hybridized carbons (Fsp3) is 0.316. The summed E-state index contributed by atoms with van der Waals surface area (Å²) in [7, 11) is 5.59. The van der Waals surface area contributed by atoms with E-state index in [1.54, 1.807) is 7.11 Å². The van der Waals surface area contributed by atoms with Crippen LogP contribution in [0.3, 0.4) is 0 Å². The molecule has 0 saturated heterocycles. The Balaban J connectivity index is 2.26. The molecule has 0 unspecified atom stereocenters. The molecule has 0 radical (unpaired) electrons. The zero-order valence-electron chi connectivity index (χ0n) is 13.5. The molecule has 3 nitrogen and oxygen atoms in total. The summed E-state index contributed by atoms with van der Waals surface area (Å²) < 4.78 is 5.34. The van der Waals surface area contributed by atoms with E-state index in [-0.39, 0.29) is 11.7 Å². The molecular formula is C19H23NO2. The van der Waals surface area contributed by atoms with Crippen molar-refractivity contribution in [3.05, 3.63) is 65.7 Å². The van der Waals surface area contributed by atoms with Crippen LogP contribution in [0.5, 0.6) is 5.75 Å². The minimum absolute atomic E-state index is 0.0892. The quantitative estimate of drug-likeness (QED) is 0.734. The third kappa shape index (κ3) is 4.18. The molecule has 116 valence electrons. The fourth-order valence-corrected chi connectivity index (χ4v) is 2.65. The lowest BCUT2D eigenvalue weighted by Crippen LogP contribution is -2.30. The van der Waals surface area contributed by atoms with Gasteiger partial charge in [0.05, 0.1) is 12.7 Å². The maximum Gasteiger partial charge on any atom is 0.171 e. The van der Waals surface area contributed by atoms with E-state index in [0.29, 0.717) is 17.9 Å². The second-order valence-corrected chi connectivity index (χ2v) is 5.71. The van der Waals surface area contributed by atoms with E-state index in [1.807, 2.05) is 56.6 Å². The first-order valence-electron chi connectivity index (χ1n) is 7.47. The molecule has 0 saturated carbocycles. The first-order chi connectivity index (χ1) is 10.6. The van der Waals surface area contributed by atoms with Gasteiger partial charge in [0.15, 0.2) is 5.78 Å². The Hall–Kier alpha value is -2.13. The molecule has 22 heavy (non-hydrogen) atoms. The molecule has 0 fully saturated rings. The molecule has 2 aromatic carbocycles. The Morgan fingerprint density at radius 2 is 1.68 bits per heavy atom. The molecule has 2 rings (SSSR count). The van der Waals surface area contributed by atoms with Crippen LogP contribution in [0, 0.1) is 5.92 Å². The van der Waals surface area contributed by atoms with Crippen molar-refractivity contribution < 1.29 is 9.53 Å². The molecule has 3 heteroatoms. The largest absolute Gasteiger partial charge is 0.496 e. The Kier molecular flexibility index (Phi) is 5.73. The minimum atomic E-state index is -0.0892. The number of para-hydroxylation sites is 1. The summed E-state index contributed by atoms with van der Waals surface area (Å²) in [5.41, 5.74) is 1.84. The van der Waals surface area contributed by atoms with E-state index in [1.165, 1.54) is 5.56 Å². The third-order valence-electron chi connectivity index (χ3n) is 3.65. The van der Waals surface area contributed by atoms with Gasteiger partial charge in [-0.25, -0.2) is 0 Å². The first-order valence-corrected chi connectivity index (χ1v) is 7.47. The number of nitrogens with zero attached hydrogens (tertiary/aromatic N) is 1. The Morgan fingerprint density at radius 3 is 2.32 bits per heavy atom. The topological polar surface area (TPSA) is 29.5 Å². The Labute approximate surface area is 132 Å². The lowest BCUT2D eigenvalue weighted by molar-refractivity contribution is 0.0893. The SMILES string of the molecule is COc1ccccc1C(=O)[C@@H](Cc1ccccc1)CN(C)C. The number of methoxy groups -OCH3 is 1. The van der Waals surface area contributed by atoms with E-state index in [2.05, 4.69) is 17.0 Å². The van der Waals surface area contributed by atoms with Gasteiger partial charge in [0.25, 0.3) is 0 Å². The zero-order valence-corrected chi connectivity index (χ0v) is 13.5. The lowest BCUT2D eigenvalue weighted by Gasteiger charge is -2.21. The second-order valence-electron chi connectivity index (χ2n) is 5.71. The predicted octanol–water partition coefficient (Wildman–Crippen LogP) is 3.30. The molecule has 0 bridgehead atoms. The number of benzene rings is 2. The van der Waals surface area contributed by atoms with Crippen molar-refractivity contribution in [3.8, 4) is 5.75 Å². The highest BCUT2D eigenvalue weighted by atomic mass is 16.5. The van der Waals surface area contributed by atoms with Gasteiger partial charge in [0.1, 0.15) is 5.75 Å². The van der Waals surface area contributed by atoms with Crippen LogP contribution in [-0.2, 0) is 6.42 Å². The van der Waals surface area contributed by atoms with Gasteiger partial charge >= 0.3 is 0 Å². The van der Waals surface area contributed by atoms with Crippen LogP contribution in [-0.4, -0.2) is 38.4 Å². The summed E-state index contributed by atoms with van der Waals surface area (Å²) in [5.74, 6) is 0.688. The summed E-state index contributed by atoms with van der Waals surface area (Å²) in [6.45, 7) is 0.714. The summed E-state index contributed by atoms with van der Waals surface area (Å²) in [5, 5.41) is 0. The van der Waals surface area contributed by atoms with E-state index in [4.69, 9.17) is 4.74 Å². The number of hydrogen-bond acceptors (Lipinski definition) is 3. The van der Waals surface area contributed by atoms with Gasteiger partial charge in [-0.3, -0.25) is 4.79 Å².